The summed E-state index contributed by atoms with van der Waals surface area (Å²) in [6.07, 6.45) is 1.76. The molecule has 0 aliphatic rings. The summed E-state index contributed by atoms with van der Waals surface area (Å²) in [6.45, 7) is 6.11. The molecule has 0 amide bonds. The van der Waals surface area contributed by atoms with Crippen LogP contribution in [0.4, 0.5) is 0 Å². The first-order valence-electron chi connectivity index (χ1n) is 4.78. The Morgan fingerprint density at radius 1 is 1.40 bits per heavy atom. The van der Waals surface area contributed by atoms with Crippen molar-refractivity contribution in [2.24, 2.45) is 0 Å². The van der Waals surface area contributed by atoms with Crippen molar-refractivity contribution in [2.75, 3.05) is 0 Å². The average Bonchev–Trinajstić information content (AvgIpc) is 2.71. The summed E-state index contributed by atoms with van der Waals surface area (Å²) in [5.74, 6) is 0.834. The topological polar surface area (TPSA) is 62.3 Å². The van der Waals surface area contributed by atoms with Crippen molar-refractivity contribution < 1.29 is 0 Å². The number of hydrogen-bond acceptors (Lipinski definition) is 3. The summed E-state index contributed by atoms with van der Waals surface area (Å²) in [6, 6.07) is 0.278. The van der Waals surface area contributed by atoms with Gasteiger partial charge in [0.25, 0.3) is 0 Å². The standard InChI is InChI=1S/C9H13N5S/c1-5(2)14-8(12-13-9(14)15)7-4-10-11-6(7)3/h4-5H,1-3H3,(H,10,11)(H,13,15). The van der Waals surface area contributed by atoms with Gasteiger partial charge < -0.3 is 0 Å². The van der Waals surface area contributed by atoms with Gasteiger partial charge in [-0.15, -0.1) is 0 Å². The minimum atomic E-state index is 0.278. The van der Waals surface area contributed by atoms with E-state index in [2.05, 4.69) is 34.2 Å². The van der Waals surface area contributed by atoms with Gasteiger partial charge in [0.15, 0.2) is 10.6 Å². The third-order valence-electron chi connectivity index (χ3n) is 2.29. The zero-order valence-corrected chi connectivity index (χ0v) is 9.72. The van der Waals surface area contributed by atoms with E-state index in [4.69, 9.17) is 12.2 Å². The van der Waals surface area contributed by atoms with Gasteiger partial charge in [-0.1, -0.05) is 0 Å². The second kappa shape index (κ2) is 3.62. The molecule has 2 rings (SSSR count). The third-order valence-corrected chi connectivity index (χ3v) is 2.58. The molecule has 5 nitrogen and oxygen atoms in total. The van der Waals surface area contributed by atoms with Gasteiger partial charge in [-0.25, -0.2) is 0 Å². The summed E-state index contributed by atoms with van der Waals surface area (Å²) < 4.78 is 2.62. The van der Waals surface area contributed by atoms with Gasteiger partial charge >= 0.3 is 0 Å². The van der Waals surface area contributed by atoms with Gasteiger partial charge in [-0.2, -0.15) is 10.2 Å². The molecule has 2 aromatic heterocycles. The molecule has 15 heavy (non-hydrogen) atoms. The Morgan fingerprint density at radius 2 is 2.13 bits per heavy atom. The van der Waals surface area contributed by atoms with E-state index < -0.39 is 0 Å². The van der Waals surface area contributed by atoms with Crippen LogP contribution in [0.3, 0.4) is 0 Å². The molecule has 0 saturated carbocycles. The van der Waals surface area contributed by atoms with Crippen LogP contribution in [0.2, 0.25) is 0 Å². The second-order valence-corrected chi connectivity index (χ2v) is 4.11. The van der Waals surface area contributed by atoms with Gasteiger partial charge in [-0.3, -0.25) is 14.8 Å². The van der Waals surface area contributed by atoms with Crippen LogP contribution >= 0.6 is 12.2 Å². The lowest BCUT2D eigenvalue weighted by Crippen LogP contribution is -2.03. The fourth-order valence-electron chi connectivity index (χ4n) is 1.55. The fourth-order valence-corrected chi connectivity index (χ4v) is 1.89. The van der Waals surface area contributed by atoms with Crippen molar-refractivity contribution in [2.45, 2.75) is 26.8 Å². The molecular weight excluding hydrogens is 210 g/mol. The van der Waals surface area contributed by atoms with Crippen LogP contribution in [0.15, 0.2) is 6.20 Å². The van der Waals surface area contributed by atoms with E-state index in [0.29, 0.717) is 4.77 Å². The Kier molecular flexibility index (Phi) is 2.44. The predicted molar refractivity (Wildman–Crippen MR) is 60.1 cm³/mol. The van der Waals surface area contributed by atoms with E-state index in [1.165, 1.54) is 0 Å². The highest BCUT2D eigenvalue weighted by molar-refractivity contribution is 7.71. The Morgan fingerprint density at radius 3 is 2.67 bits per heavy atom. The van der Waals surface area contributed by atoms with Gasteiger partial charge in [0.2, 0.25) is 0 Å². The molecule has 2 aromatic rings. The van der Waals surface area contributed by atoms with Crippen LogP contribution in [-0.2, 0) is 0 Å². The molecule has 2 N–H and O–H groups in total. The Hall–Kier alpha value is -1.43. The number of H-pyrrole nitrogens is 2. The summed E-state index contributed by atoms with van der Waals surface area (Å²) in [5.41, 5.74) is 1.97. The number of nitrogens with one attached hydrogen (secondary N) is 2. The van der Waals surface area contributed by atoms with Crippen LogP contribution in [0.1, 0.15) is 25.6 Å². The SMILES string of the molecule is Cc1[nH]ncc1-c1n[nH]c(=S)n1C(C)C. The Labute approximate surface area is 92.5 Å². The molecule has 0 bridgehead atoms. The summed E-state index contributed by atoms with van der Waals surface area (Å²) in [7, 11) is 0. The van der Waals surface area contributed by atoms with E-state index in [-0.39, 0.29) is 6.04 Å². The molecule has 0 aliphatic carbocycles. The lowest BCUT2D eigenvalue weighted by molar-refractivity contribution is 0.597. The summed E-state index contributed by atoms with van der Waals surface area (Å²) >= 11 is 5.18. The van der Waals surface area contributed by atoms with Gasteiger partial charge in [0.1, 0.15) is 0 Å². The van der Waals surface area contributed by atoms with Crippen molar-refractivity contribution in [3.8, 4) is 11.4 Å². The number of aromatic amines is 2. The number of aromatic nitrogens is 5. The van der Waals surface area contributed by atoms with E-state index in [1.54, 1.807) is 6.20 Å². The first-order valence-corrected chi connectivity index (χ1v) is 5.19. The highest BCUT2D eigenvalue weighted by Crippen LogP contribution is 2.22. The summed E-state index contributed by atoms with van der Waals surface area (Å²) in [4.78, 5) is 0. The number of hydrogen-bond donors (Lipinski definition) is 2. The largest absolute Gasteiger partial charge is 0.298 e. The minimum Gasteiger partial charge on any atom is -0.298 e. The first-order chi connectivity index (χ1) is 7.11. The number of rotatable bonds is 2. The van der Waals surface area contributed by atoms with Crippen LogP contribution in [-0.4, -0.2) is 25.0 Å². The zero-order valence-electron chi connectivity index (χ0n) is 8.90. The van der Waals surface area contributed by atoms with Crippen molar-refractivity contribution in [3.63, 3.8) is 0 Å². The van der Waals surface area contributed by atoms with Crippen molar-refractivity contribution in [3.05, 3.63) is 16.7 Å². The minimum absolute atomic E-state index is 0.278. The molecule has 0 fully saturated rings. The van der Waals surface area contributed by atoms with Gasteiger partial charge in [0, 0.05) is 11.7 Å². The Balaban J connectivity index is 2.64. The normalized spacial score (nSPS) is 11.2. The smallest absolute Gasteiger partial charge is 0.195 e. The first kappa shape index (κ1) is 10.1. The number of aryl methyl sites for hydroxylation is 1. The maximum Gasteiger partial charge on any atom is 0.195 e. The van der Waals surface area contributed by atoms with Crippen LogP contribution in [0.5, 0.6) is 0 Å². The van der Waals surface area contributed by atoms with Crippen molar-refractivity contribution in [1.82, 2.24) is 25.0 Å². The lowest BCUT2D eigenvalue weighted by atomic mass is 10.2. The maximum absolute atomic E-state index is 5.18. The van der Waals surface area contributed by atoms with E-state index in [1.807, 2.05) is 11.5 Å². The monoisotopic (exact) mass is 223 g/mol. The molecular formula is C9H13N5S. The van der Waals surface area contributed by atoms with E-state index in [9.17, 15) is 0 Å². The summed E-state index contributed by atoms with van der Waals surface area (Å²) in [5, 5.41) is 13.9. The fraction of sp³-hybridized carbons (Fsp3) is 0.444. The zero-order chi connectivity index (χ0) is 11.0. The molecule has 0 aliphatic heterocycles. The van der Waals surface area contributed by atoms with Crippen LogP contribution in [0, 0.1) is 11.7 Å². The highest BCUT2D eigenvalue weighted by Gasteiger charge is 2.14. The van der Waals surface area contributed by atoms with E-state index >= 15 is 0 Å². The van der Waals surface area contributed by atoms with Crippen molar-refractivity contribution in [1.29, 1.82) is 0 Å². The molecule has 0 atom stereocenters. The molecule has 0 radical (unpaired) electrons. The molecule has 2 heterocycles. The maximum atomic E-state index is 5.18. The molecule has 0 unspecified atom stereocenters. The predicted octanol–water partition coefficient (Wildman–Crippen LogP) is 2.22. The third kappa shape index (κ3) is 1.61. The van der Waals surface area contributed by atoms with Gasteiger partial charge in [0.05, 0.1) is 11.8 Å². The lowest BCUT2D eigenvalue weighted by Gasteiger charge is -2.09. The average molecular weight is 223 g/mol. The number of nitrogens with zero attached hydrogens (tertiary/aromatic N) is 3. The van der Waals surface area contributed by atoms with Crippen molar-refractivity contribution >= 4 is 12.2 Å². The van der Waals surface area contributed by atoms with Crippen LogP contribution < -0.4 is 0 Å². The van der Waals surface area contributed by atoms with Gasteiger partial charge in [-0.05, 0) is 33.0 Å². The molecule has 80 valence electrons. The Bertz CT molecular complexity index is 519. The van der Waals surface area contributed by atoms with Crippen LogP contribution in [0.25, 0.3) is 11.4 Å². The molecule has 0 saturated heterocycles. The van der Waals surface area contributed by atoms with E-state index in [0.717, 1.165) is 17.1 Å². The molecule has 0 aromatic carbocycles. The molecule has 0 spiro atoms. The highest BCUT2D eigenvalue weighted by atomic mass is 32.1. The quantitative estimate of drug-likeness (QED) is 0.767. The molecule has 6 heteroatoms. The second-order valence-electron chi connectivity index (χ2n) is 3.72.